The van der Waals surface area contributed by atoms with Gasteiger partial charge in [-0.15, -0.1) is 0 Å². The molecule has 19 heavy (non-hydrogen) atoms. The second kappa shape index (κ2) is 5.87. The number of nitrogens with zero attached hydrogens (tertiary/aromatic N) is 1. The van der Waals surface area contributed by atoms with Crippen molar-refractivity contribution in [1.82, 2.24) is 15.5 Å². The molecular formula is C11H19N3O4S. The number of carbonyl (C=O) groups excluding carboxylic acids is 2. The van der Waals surface area contributed by atoms with Gasteiger partial charge in [0, 0.05) is 25.7 Å². The summed E-state index contributed by atoms with van der Waals surface area (Å²) in [6.45, 7) is 2.58. The topological polar surface area (TPSA) is 95.6 Å². The molecule has 2 aliphatic heterocycles. The predicted molar refractivity (Wildman–Crippen MR) is 69.3 cm³/mol. The van der Waals surface area contributed by atoms with Gasteiger partial charge >= 0.3 is 11.8 Å². The first kappa shape index (κ1) is 14.3. The number of hydrogen-bond acceptors (Lipinski definition) is 5. The molecule has 2 heterocycles. The van der Waals surface area contributed by atoms with Gasteiger partial charge in [-0.3, -0.25) is 9.59 Å². The van der Waals surface area contributed by atoms with Crippen LogP contribution in [-0.4, -0.2) is 68.9 Å². The molecule has 2 aliphatic rings. The van der Waals surface area contributed by atoms with Crippen molar-refractivity contribution in [1.29, 1.82) is 0 Å². The zero-order valence-corrected chi connectivity index (χ0v) is 11.5. The van der Waals surface area contributed by atoms with Crippen LogP contribution in [0.4, 0.5) is 0 Å². The Labute approximate surface area is 112 Å². The molecule has 2 rings (SSSR count). The highest BCUT2D eigenvalue weighted by Crippen LogP contribution is 2.11. The Morgan fingerprint density at radius 3 is 2.68 bits per heavy atom. The van der Waals surface area contributed by atoms with Gasteiger partial charge in [0.1, 0.15) is 0 Å². The van der Waals surface area contributed by atoms with Gasteiger partial charge in [0.15, 0.2) is 9.84 Å². The van der Waals surface area contributed by atoms with E-state index in [0.717, 1.165) is 13.0 Å². The van der Waals surface area contributed by atoms with Crippen LogP contribution in [0.1, 0.15) is 12.8 Å². The lowest BCUT2D eigenvalue weighted by atomic mass is 10.2. The molecule has 0 spiro atoms. The van der Waals surface area contributed by atoms with Crippen molar-refractivity contribution >= 4 is 21.7 Å². The Morgan fingerprint density at radius 2 is 2.00 bits per heavy atom. The summed E-state index contributed by atoms with van der Waals surface area (Å²) in [5, 5.41) is 5.67. The highest BCUT2D eigenvalue weighted by molar-refractivity contribution is 7.91. The third kappa shape index (κ3) is 3.90. The Balaban J connectivity index is 1.87. The predicted octanol–water partition coefficient (Wildman–Crippen LogP) is -1.89. The highest BCUT2D eigenvalue weighted by atomic mass is 32.2. The average molecular weight is 289 g/mol. The van der Waals surface area contributed by atoms with E-state index in [-0.39, 0.29) is 11.5 Å². The van der Waals surface area contributed by atoms with Crippen molar-refractivity contribution in [3.8, 4) is 0 Å². The largest absolute Gasteiger partial charge is 0.344 e. The number of rotatable bonds is 1. The zero-order chi connectivity index (χ0) is 13.9. The van der Waals surface area contributed by atoms with E-state index in [4.69, 9.17) is 0 Å². The summed E-state index contributed by atoms with van der Waals surface area (Å²) in [5.74, 6) is -1.23. The van der Waals surface area contributed by atoms with E-state index in [1.54, 1.807) is 0 Å². The molecule has 1 atom stereocenters. The molecule has 108 valence electrons. The van der Waals surface area contributed by atoms with E-state index in [1.165, 1.54) is 4.90 Å². The van der Waals surface area contributed by atoms with Gasteiger partial charge in [-0.25, -0.2) is 8.42 Å². The van der Waals surface area contributed by atoms with Crippen LogP contribution >= 0.6 is 0 Å². The monoisotopic (exact) mass is 289 g/mol. The zero-order valence-electron chi connectivity index (χ0n) is 10.7. The van der Waals surface area contributed by atoms with E-state index in [2.05, 4.69) is 10.6 Å². The highest BCUT2D eigenvalue weighted by Gasteiger charge is 2.31. The lowest BCUT2D eigenvalue weighted by molar-refractivity contribution is -0.146. The summed E-state index contributed by atoms with van der Waals surface area (Å²) in [5.41, 5.74) is 0. The molecule has 2 fully saturated rings. The van der Waals surface area contributed by atoms with E-state index >= 15 is 0 Å². The minimum absolute atomic E-state index is 0.0619. The standard InChI is InChI=1S/C11H19N3O4S/c15-10(13-9-2-7-19(17,18)8-9)11(16)14-5-1-3-12-4-6-14/h9,12H,1-8H2,(H,13,15). The van der Waals surface area contributed by atoms with Gasteiger partial charge in [0.25, 0.3) is 0 Å². The molecule has 0 aliphatic carbocycles. The smallest absolute Gasteiger partial charge is 0.311 e. The Hall–Kier alpha value is -1.15. The molecule has 8 heteroatoms. The maximum Gasteiger partial charge on any atom is 0.311 e. The van der Waals surface area contributed by atoms with Crippen LogP contribution in [0.15, 0.2) is 0 Å². The number of nitrogens with one attached hydrogen (secondary N) is 2. The number of carbonyl (C=O) groups is 2. The second-order valence-corrected chi connectivity index (χ2v) is 7.20. The number of sulfone groups is 1. The molecule has 0 saturated carbocycles. The summed E-state index contributed by atoms with van der Waals surface area (Å²) < 4.78 is 22.6. The first-order valence-electron chi connectivity index (χ1n) is 6.49. The molecule has 0 aromatic rings. The van der Waals surface area contributed by atoms with Crippen molar-refractivity contribution in [3.05, 3.63) is 0 Å². The summed E-state index contributed by atoms with van der Waals surface area (Å²) in [7, 11) is -3.05. The van der Waals surface area contributed by atoms with Crippen molar-refractivity contribution in [2.24, 2.45) is 0 Å². The molecule has 2 saturated heterocycles. The van der Waals surface area contributed by atoms with Gasteiger partial charge in [-0.05, 0) is 19.4 Å². The van der Waals surface area contributed by atoms with Crippen LogP contribution < -0.4 is 10.6 Å². The molecule has 0 radical (unpaired) electrons. The number of hydrogen-bond donors (Lipinski definition) is 2. The summed E-state index contributed by atoms with van der Waals surface area (Å²) in [4.78, 5) is 25.3. The first-order chi connectivity index (χ1) is 8.98. The summed E-state index contributed by atoms with van der Waals surface area (Å²) in [6, 6.07) is -0.424. The Morgan fingerprint density at radius 1 is 1.21 bits per heavy atom. The van der Waals surface area contributed by atoms with Crippen molar-refractivity contribution < 1.29 is 18.0 Å². The van der Waals surface area contributed by atoms with Gasteiger partial charge in [-0.2, -0.15) is 0 Å². The second-order valence-electron chi connectivity index (χ2n) is 4.97. The van der Waals surface area contributed by atoms with E-state index < -0.39 is 27.7 Å². The molecule has 0 aromatic heterocycles. The van der Waals surface area contributed by atoms with Crippen molar-refractivity contribution in [3.63, 3.8) is 0 Å². The minimum Gasteiger partial charge on any atom is -0.344 e. The average Bonchev–Trinajstić information content (AvgIpc) is 2.59. The van der Waals surface area contributed by atoms with Crippen LogP contribution in [0.3, 0.4) is 0 Å². The maximum absolute atomic E-state index is 11.9. The SMILES string of the molecule is O=C(NC1CCS(=O)(=O)C1)C(=O)N1CCCNCC1. The number of amides is 2. The molecule has 1 unspecified atom stereocenters. The Kier molecular flexibility index (Phi) is 4.41. The third-order valence-corrected chi connectivity index (χ3v) is 5.16. The molecular weight excluding hydrogens is 270 g/mol. The van der Waals surface area contributed by atoms with Gasteiger partial charge < -0.3 is 15.5 Å². The van der Waals surface area contributed by atoms with Gasteiger partial charge in [0.05, 0.1) is 11.5 Å². The minimum atomic E-state index is -3.05. The fourth-order valence-corrected chi connectivity index (χ4v) is 4.02. The lowest BCUT2D eigenvalue weighted by Gasteiger charge is -2.20. The maximum atomic E-state index is 11.9. The third-order valence-electron chi connectivity index (χ3n) is 3.39. The van der Waals surface area contributed by atoms with Crippen molar-refractivity contribution in [2.45, 2.75) is 18.9 Å². The van der Waals surface area contributed by atoms with Gasteiger partial charge in [-0.1, -0.05) is 0 Å². The van der Waals surface area contributed by atoms with Crippen LogP contribution in [0, 0.1) is 0 Å². The van der Waals surface area contributed by atoms with E-state index in [1.807, 2.05) is 0 Å². The van der Waals surface area contributed by atoms with E-state index in [9.17, 15) is 18.0 Å². The first-order valence-corrected chi connectivity index (χ1v) is 8.31. The summed E-state index contributed by atoms with van der Waals surface area (Å²) >= 11 is 0. The normalized spacial score (nSPS) is 26.7. The fourth-order valence-electron chi connectivity index (χ4n) is 2.35. The van der Waals surface area contributed by atoms with Gasteiger partial charge in [0.2, 0.25) is 0 Å². The quantitative estimate of drug-likeness (QED) is 0.550. The van der Waals surface area contributed by atoms with Crippen LogP contribution in [-0.2, 0) is 19.4 Å². The van der Waals surface area contributed by atoms with Crippen molar-refractivity contribution in [2.75, 3.05) is 37.7 Å². The molecule has 2 amide bonds. The molecule has 0 bridgehead atoms. The Bertz CT molecular complexity index is 455. The molecule has 7 nitrogen and oxygen atoms in total. The fraction of sp³-hybridized carbons (Fsp3) is 0.818. The molecule has 0 aromatic carbocycles. The lowest BCUT2D eigenvalue weighted by Crippen LogP contribution is -2.47. The molecule has 2 N–H and O–H groups in total. The van der Waals surface area contributed by atoms with Crippen LogP contribution in [0.5, 0.6) is 0 Å². The van der Waals surface area contributed by atoms with E-state index in [0.29, 0.717) is 26.1 Å². The van der Waals surface area contributed by atoms with Crippen LogP contribution in [0.2, 0.25) is 0 Å². The summed E-state index contributed by atoms with van der Waals surface area (Å²) in [6.07, 6.45) is 1.21. The van der Waals surface area contributed by atoms with Crippen LogP contribution in [0.25, 0.3) is 0 Å².